The Labute approximate surface area is 135 Å². The van der Waals surface area contributed by atoms with E-state index in [1.807, 2.05) is 10.9 Å². The van der Waals surface area contributed by atoms with Crippen molar-refractivity contribution in [2.24, 2.45) is 0 Å². The summed E-state index contributed by atoms with van der Waals surface area (Å²) in [5.74, 6) is 1.09. The molecule has 0 radical (unpaired) electrons. The van der Waals surface area contributed by atoms with Crippen molar-refractivity contribution in [2.45, 2.75) is 38.9 Å². The van der Waals surface area contributed by atoms with Crippen LogP contribution in [-0.2, 0) is 19.5 Å². The van der Waals surface area contributed by atoms with Crippen LogP contribution >= 0.6 is 0 Å². The minimum atomic E-state index is 0.421. The Morgan fingerprint density at radius 1 is 1.30 bits per heavy atom. The predicted molar refractivity (Wildman–Crippen MR) is 87.7 cm³/mol. The van der Waals surface area contributed by atoms with Crippen LogP contribution in [0.15, 0.2) is 36.8 Å². The van der Waals surface area contributed by atoms with E-state index in [4.69, 9.17) is 0 Å². The Bertz CT molecular complexity index is 786. The van der Waals surface area contributed by atoms with Crippen LogP contribution in [0.3, 0.4) is 0 Å². The van der Waals surface area contributed by atoms with E-state index in [1.165, 1.54) is 16.7 Å². The molecule has 0 saturated carbocycles. The van der Waals surface area contributed by atoms with E-state index in [1.54, 1.807) is 6.33 Å². The molecule has 1 atom stereocenters. The van der Waals surface area contributed by atoms with E-state index in [-0.39, 0.29) is 0 Å². The molecule has 0 bridgehead atoms. The quantitative estimate of drug-likeness (QED) is 0.774. The number of aromatic nitrogens is 5. The van der Waals surface area contributed by atoms with E-state index in [9.17, 15) is 0 Å². The van der Waals surface area contributed by atoms with Crippen LogP contribution in [0.25, 0.3) is 11.3 Å². The van der Waals surface area contributed by atoms with Gasteiger partial charge in [0, 0.05) is 24.6 Å². The highest BCUT2D eigenvalue weighted by atomic mass is 15.3. The van der Waals surface area contributed by atoms with E-state index >= 15 is 0 Å². The zero-order chi connectivity index (χ0) is 15.6. The molecule has 6 heteroatoms. The first-order valence-corrected chi connectivity index (χ1v) is 7.99. The van der Waals surface area contributed by atoms with Gasteiger partial charge >= 0.3 is 0 Å². The molecular formula is C17H20N6. The number of benzene rings is 1. The van der Waals surface area contributed by atoms with Crippen LogP contribution in [0.2, 0.25) is 0 Å². The number of H-pyrrole nitrogens is 1. The maximum atomic E-state index is 4.27. The number of hydrogen-bond acceptors (Lipinski definition) is 4. The highest BCUT2D eigenvalue weighted by Gasteiger charge is 2.19. The third-order valence-electron chi connectivity index (χ3n) is 4.44. The average Bonchev–Trinajstić information content (AvgIpc) is 3.22. The summed E-state index contributed by atoms with van der Waals surface area (Å²) >= 11 is 0. The number of hydrogen-bond donors (Lipinski definition) is 2. The molecular weight excluding hydrogens is 288 g/mol. The highest BCUT2D eigenvalue weighted by molar-refractivity contribution is 5.62. The summed E-state index contributed by atoms with van der Waals surface area (Å²) in [5, 5.41) is 15.2. The Balaban J connectivity index is 1.44. The van der Waals surface area contributed by atoms with Gasteiger partial charge in [-0.25, -0.2) is 9.67 Å². The molecule has 2 aromatic heterocycles. The summed E-state index contributed by atoms with van der Waals surface area (Å²) in [6.07, 6.45) is 5.62. The van der Waals surface area contributed by atoms with Crippen LogP contribution in [0.4, 0.5) is 0 Å². The summed E-state index contributed by atoms with van der Waals surface area (Å²) in [5.41, 5.74) is 4.72. The first-order chi connectivity index (χ1) is 11.3. The molecule has 0 fully saturated rings. The lowest BCUT2D eigenvalue weighted by Crippen LogP contribution is -2.37. The van der Waals surface area contributed by atoms with E-state index < -0.39 is 0 Å². The fourth-order valence-electron chi connectivity index (χ4n) is 3.07. The summed E-state index contributed by atoms with van der Waals surface area (Å²) in [4.78, 5) is 4.27. The monoisotopic (exact) mass is 308 g/mol. The lowest BCUT2D eigenvalue weighted by molar-refractivity contribution is 0.358. The molecule has 1 aliphatic heterocycles. The van der Waals surface area contributed by atoms with Crippen molar-refractivity contribution >= 4 is 0 Å². The summed E-state index contributed by atoms with van der Waals surface area (Å²) in [7, 11) is 0. The van der Waals surface area contributed by atoms with E-state index in [2.05, 4.69) is 56.8 Å². The molecule has 0 aliphatic carbocycles. The lowest BCUT2D eigenvalue weighted by atomic mass is 10.0. The van der Waals surface area contributed by atoms with Crippen LogP contribution in [0.1, 0.15) is 23.4 Å². The molecule has 2 N–H and O–H groups in total. The average molecular weight is 308 g/mol. The molecule has 6 nitrogen and oxygen atoms in total. The van der Waals surface area contributed by atoms with Gasteiger partial charge in [-0.15, -0.1) is 0 Å². The van der Waals surface area contributed by atoms with Crippen molar-refractivity contribution in [2.75, 3.05) is 0 Å². The van der Waals surface area contributed by atoms with Crippen molar-refractivity contribution in [3.05, 3.63) is 53.7 Å². The van der Waals surface area contributed by atoms with E-state index in [0.29, 0.717) is 6.04 Å². The molecule has 118 valence electrons. The van der Waals surface area contributed by atoms with Crippen molar-refractivity contribution in [3.8, 4) is 11.3 Å². The fourth-order valence-corrected chi connectivity index (χ4v) is 3.07. The predicted octanol–water partition coefficient (Wildman–Crippen LogP) is 2.08. The zero-order valence-electron chi connectivity index (χ0n) is 13.2. The first kappa shape index (κ1) is 14.1. The van der Waals surface area contributed by atoms with Crippen LogP contribution in [0, 0.1) is 6.92 Å². The smallest absolute Gasteiger partial charge is 0.138 e. The van der Waals surface area contributed by atoms with Gasteiger partial charge in [0.2, 0.25) is 0 Å². The minimum absolute atomic E-state index is 0.421. The summed E-state index contributed by atoms with van der Waals surface area (Å²) < 4.78 is 2.00. The highest BCUT2D eigenvalue weighted by Crippen LogP contribution is 2.22. The molecule has 1 aliphatic rings. The maximum absolute atomic E-state index is 4.27. The van der Waals surface area contributed by atoms with E-state index in [0.717, 1.165) is 37.4 Å². The molecule has 23 heavy (non-hydrogen) atoms. The maximum Gasteiger partial charge on any atom is 0.138 e. The van der Waals surface area contributed by atoms with Crippen molar-refractivity contribution in [1.29, 1.82) is 0 Å². The second-order valence-electron chi connectivity index (χ2n) is 6.11. The molecule has 3 heterocycles. The Morgan fingerprint density at radius 2 is 2.17 bits per heavy atom. The van der Waals surface area contributed by atoms with Gasteiger partial charge in [-0.3, -0.25) is 5.10 Å². The Hall–Kier alpha value is -2.47. The summed E-state index contributed by atoms with van der Waals surface area (Å²) in [6.45, 7) is 3.78. The topological polar surface area (TPSA) is 71.4 Å². The first-order valence-electron chi connectivity index (χ1n) is 7.99. The third-order valence-corrected chi connectivity index (χ3v) is 4.44. The number of fused-ring (bicyclic) bond motifs is 1. The SMILES string of the molecule is Cc1ccc(-c2[nH]ncc2CN[C@@H]2CCc3ncnn3C2)cc1. The largest absolute Gasteiger partial charge is 0.308 e. The molecule has 3 aromatic rings. The molecule has 1 aromatic carbocycles. The molecule has 0 unspecified atom stereocenters. The number of aryl methyl sites for hydroxylation is 2. The normalized spacial score (nSPS) is 17.2. The number of aromatic amines is 1. The van der Waals surface area contributed by atoms with Crippen molar-refractivity contribution < 1.29 is 0 Å². The van der Waals surface area contributed by atoms with Crippen LogP contribution < -0.4 is 5.32 Å². The second-order valence-corrected chi connectivity index (χ2v) is 6.11. The summed E-state index contributed by atoms with van der Waals surface area (Å²) in [6, 6.07) is 8.94. The lowest BCUT2D eigenvalue weighted by Gasteiger charge is -2.23. The van der Waals surface area contributed by atoms with Gasteiger partial charge < -0.3 is 5.32 Å². The van der Waals surface area contributed by atoms with Gasteiger partial charge in [0.05, 0.1) is 18.4 Å². The zero-order valence-corrected chi connectivity index (χ0v) is 13.2. The number of nitrogens with zero attached hydrogens (tertiary/aromatic N) is 4. The fraction of sp³-hybridized carbons (Fsp3) is 0.353. The number of rotatable bonds is 4. The third kappa shape index (κ3) is 2.90. The minimum Gasteiger partial charge on any atom is -0.308 e. The molecule has 4 rings (SSSR count). The Kier molecular flexibility index (Phi) is 3.67. The van der Waals surface area contributed by atoms with Crippen LogP contribution in [-0.4, -0.2) is 31.0 Å². The molecule has 0 spiro atoms. The van der Waals surface area contributed by atoms with Gasteiger partial charge in [0.1, 0.15) is 12.2 Å². The molecule has 0 saturated heterocycles. The van der Waals surface area contributed by atoms with Crippen molar-refractivity contribution in [3.63, 3.8) is 0 Å². The van der Waals surface area contributed by atoms with Gasteiger partial charge in [0.15, 0.2) is 0 Å². The van der Waals surface area contributed by atoms with Gasteiger partial charge in [-0.2, -0.15) is 10.2 Å². The van der Waals surface area contributed by atoms with Crippen molar-refractivity contribution in [1.82, 2.24) is 30.3 Å². The van der Waals surface area contributed by atoms with Gasteiger partial charge in [-0.05, 0) is 18.9 Å². The number of nitrogens with one attached hydrogen (secondary N) is 2. The second kappa shape index (κ2) is 5.96. The van der Waals surface area contributed by atoms with Gasteiger partial charge in [0.25, 0.3) is 0 Å². The van der Waals surface area contributed by atoms with Gasteiger partial charge in [-0.1, -0.05) is 29.8 Å². The molecule has 0 amide bonds. The Morgan fingerprint density at radius 3 is 3.04 bits per heavy atom. The standard InChI is InChI=1S/C17H20N6/c1-12-2-4-13(5-3-12)17-14(9-20-22-17)8-18-15-6-7-16-19-11-21-23(16)10-15/h2-5,9,11,15,18H,6-8,10H2,1H3,(H,20,22)/t15-/m1/s1. The van der Waals surface area contributed by atoms with Crippen LogP contribution in [0.5, 0.6) is 0 Å².